The van der Waals surface area contributed by atoms with Crippen molar-refractivity contribution in [3.63, 3.8) is 0 Å². The lowest BCUT2D eigenvalue weighted by Gasteiger charge is -2.09. The third kappa shape index (κ3) is 5.79. The first-order valence-electron chi connectivity index (χ1n) is 8.72. The Bertz CT molecular complexity index is 906. The molecule has 0 saturated heterocycles. The van der Waals surface area contributed by atoms with Crippen LogP contribution in [0.1, 0.15) is 23.4 Å². The van der Waals surface area contributed by atoms with Crippen LogP contribution in [0.4, 0.5) is 0 Å². The Balaban J connectivity index is 1.33. The van der Waals surface area contributed by atoms with E-state index in [9.17, 15) is 9.59 Å². The van der Waals surface area contributed by atoms with Gasteiger partial charge in [-0.3, -0.25) is 20.4 Å². The molecule has 6 nitrogen and oxygen atoms in total. The number of carbonyl (C=O) groups excluding carboxylic acids is 2. The minimum Gasteiger partial charge on any atom is -0.484 e. The van der Waals surface area contributed by atoms with Crippen LogP contribution in [0.3, 0.4) is 0 Å². The number of aryl methyl sites for hydroxylation is 2. The molecule has 0 fully saturated rings. The molecule has 0 radical (unpaired) electrons. The summed E-state index contributed by atoms with van der Waals surface area (Å²) >= 11 is 1.64. The molecule has 0 aliphatic rings. The largest absolute Gasteiger partial charge is 0.484 e. The number of nitrogens with one attached hydrogen (secondary N) is 2. The van der Waals surface area contributed by atoms with Gasteiger partial charge in [0.2, 0.25) is 5.91 Å². The number of ether oxygens (including phenoxy) is 1. The van der Waals surface area contributed by atoms with E-state index in [0.29, 0.717) is 18.6 Å². The Morgan fingerprint density at radius 2 is 1.89 bits per heavy atom. The quantitative estimate of drug-likeness (QED) is 0.614. The molecule has 1 aromatic heterocycles. The van der Waals surface area contributed by atoms with Gasteiger partial charge in [0.15, 0.2) is 6.61 Å². The minimum atomic E-state index is -0.406. The molecular weight excluding hydrogens is 362 g/mol. The molecule has 3 rings (SSSR count). The van der Waals surface area contributed by atoms with Crippen molar-refractivity contribution >= 4 is 33.4 Å². The lowest BCUT2D eigenvalue weighted by Crippen LogP contribution is -2.43. The van der Waals surface area contributed by atoms with Crippen molar-refractivity contribution in [3.8, 4) is 5.75 Å². The van der Waals surface area contributed by atoms with Gasteiger partial charge in [-0.15, -0.1) is 11.3 Å². The number of hydrogen-bond donors (Lipinski definition) is 2. The predicted molar refractivity (Wildman–Crippen MR) is 106 cm³/mol. The lowest BCUT2D eigenvalue weighted by atomic mass is 10.2. The van der Waals surface area contributed by atoms with Crippen molar-refractivity contribution in [2.45, 2.75) is 26.2 Å². The molecule has 140 valence electrons. The molecule has 2 N–H and O–H groups in total. The second-order valence-corrected chi connectivity index (χ2v) is 7.25. The number of hydrogen-bond acceptors (Lipinski definition) is 5. The van der Waals surface area contributed by atoms with Gasteiger partial charge in [-0.05, 0) is 49.6 Å². The topological polar surface area (TPSA) is 80.3 Å². The second-order valence-electron chi connectivity index (χ2n) is 6.13. The van der Waals surface area contributed by atoms with Crippen LogP contribution in [0.5, 0.6) is 5.75 Å². The molecule has 0 saturated carbocycles. The molecule has 0 bridgehead atoms. The van der Waals surface area contributed by atoms with E-state index in [1.807, 2.05) is 49.4 Å². The molecule has 0 aliphatic carbocycles. The minimum absolute atomic E-state index is 0.157. The SMILES string of the molecule is Cc1cccc(OCC(=O)NNC(=O)CCCc2nc3ccccc3s2)c1. The lowest BCUT2D eigenvalue weighted by molar-refractivity contribution is -0.130. The Morgan fingerprint density at radius 3 is 2.70 bits per heavy atom. The Hall–Kier alpha value is -2.93. The average molecular weight is 383 g/mol. The standard InChI is InChI=1S/C20H21N3O3S/c1-14-6-4-7-15(12-14)26-13-19(25)23-22-18(24)10-5-11-20-21-16-8-2-3-9-17(16)27-20/h2-4,6-9,12H,5,10-11,13H2,1H3,(H,22,24)(H,23,25). The maximum absolute atomic E-state index is 11.8. The first kappa shape index (κ1) is 18.8. The van der Waals surface area contributed by atoms with Crippen molar-refractivity contribution in [3.05, 3.63) is 59.1 Å². The third-order valence-electron chi connectivity index (χ3n) is 3.83. The summed E-state index contributed by atoms with van der Waals surface area (Å²) in [5, 5.41) is 1.01. The first-order valence-corrected chi connectivity index (χ1v) is 9.53. The summed E-state index contributed by atoms with van der Waals surface area (Å²) in [6, 6.07) is 15.4. The summed E-state index contributed by atoms with van der Waals surface area (Å²) in [5.41, 5.74) is 6.81. The van der Waals surface area contributed by atoms with E-state index in [2.05, 4.69) is 15.8 Å². The van der Waals surface area contributed by atoms with E-state index in [0.717, 1.165) is 27.2 Å². The molecular formula is C20H21N3O3S. The van der Waals surface area contributed by atoms with Gasteiger partial charge in [0.25, 0.3) is 5.91 Å². The monoisotopic (exact) mass is 383 g/mol. The number of nitrogens with zero attached hydrogens (tertiary/aromatic N) is 1. The van der Waals surface area contributed by atoms with Gasteiger partial charge >= 0.3 is 0 Å². The number of thiazole rings is 1. The Kier molecular flexibility index (Phi) is 6.38. The molecule has 0 unspecified atom stereocenters. The number of aromatic nitrogens is 1. The highest BCUT2D eigenvalue weighted by molar-refractivity contribution is 7.18. The Morgan fingerprint density at radius 1 is 1.07 bits per heavy atom. The molecule has 7 heteroatoms. The number of amides is 2. The second kappa shape index (κ2) is 9.14. The van der Waals surface area contributed by atoms with E-state index in [1.165, 1.54) is 0 Å². The van der Waals surface area contributed by atoms with Gasteiger partial charge in [-0.1, -0.05) is 24.3 Å². The van der Waals surface area contributed by atoms with Crippen LogP contribution in [0, 0.1) is 6.92 Å². The zero-order valence-electron chi connectivity index (χ0n) is 15.0. The molecule has 0 atom stereocenters. The van der Waals surface area contributed by atoms with Crippen LogP contribution < -0.4 is 15.6 Å². The van der Waals surface area contributed by atoms with Gasteiger partial charge in [0.05, 0.1) is 15.2 Å². The molecule has 1 heterocycles. The molecule has 2 aromatic carbocycles. The van der Waals surface area contributed by atoms with Crippen molar-refractivity contribution < 1.29 is 14.3 Å². The smallest absolute Gasteiger partial charge is 0.276 e. The summed E-state index contributed by atoms with van der Waals surface area (Å²) in [4.78, 5) is 28.1. The number of para-hydroxylation sites is 1. The fourth-order valence-electron chi connectivity index (χ4n) is 2.52. The molecule has 0 spiro atoms. The van der Waals surface area contributed by atoms with Crippen LogP contribution in [-0.2, 0) is 16.0 Å². The van der Waals surface area contributed by atoms with E-state index in [1.54, 1.807) is 17.4 Å². The van der Waals surface area contributed by atoms with Crippen LogP contribution in [-0.4, -0.2) is 23.4 Å². The van der Waals surface area contributed by atoms with Gasteiger partial charge < -0.3 is 4.74 Å². The highest BCUT2D eigenvalue weighted by atomic mass is 32.1. The van der Waals surface area contributed by atoms with Gasteiger partial charge in [-0.2, -0.15) is 0 Å². The summed E-state index contributed by atoms with van der Waals surface area (Å²) in [7, 11) is 0. The highest BCUT2D eigenvalue weighted by Crippen LogP contribution is 2.22. The van der Waals surface area contributed by atoms with E-state index in [4.69, 9.17) is 4.74 Å². The fraction of sp³-hybridized carbons (Fsp3) is 0.250. The third-order valence-corrected chi connectivity index (χ3v) is 4.93. The number of benzene rings is 2. The zero-order valence-corrected chi connectivity index (χ0v) is 15.8. The summed E-state index contributed by atoms with van der Waals surface area (Å²) < 4.78 is 6.53. The van der Waals surface area contributed by atoms with Crippen molar-refractivity contribution in [1.29, 1.82) is 0 Å². The van der Waals surface area contributed by atoms with Crippen molar-refractivity contribution in [2.75, 3.05) is 6.61 Å². The van der Waals surface area contributed by atoms with Gasteiger partial charge in [0, 0.05) is 6.42 Å². The van der Waals surface area contributed by atoms with Gasteiger partial charge in [-0.25, -0.2) is 4.98 Å². The normalized spacial score (nSPS) is 10.6. The zero-order chi connectivity index (χ0) is 19.1. The number of carbonyl (C=O) groups is 2. The van der Waals surface area contributed by atoms with Crippen molar-refractivity contribution in [2.24, 2.45) is 0 Å². The fourth-order valence-corrected chi connectivity index (χ4v) is 3.53. The van der Waals surface area contributed by atoms with Gasteiger partial charge in [0.1, 0.15) is 5.75 Å². The van der Waals surface area contributed by atoms with E-state index < -0.39 is 5.91 Å². The highest BCUT2D eigenvalue weighted by Gasteiger charge is 2.08. The molecule has 2 amide bonds. The Labute approximate surface area is 161 Å². The maximum Gasteiger partial charge on any atom is 0.276 e. The van der Waals surface area contributed by atoms with Crippen molar-refractivity contribution in [1.82, 2.24) is 15.8 Å². The van der Waals surface area contributed by atoms with Crippen LogP contribution in [0.25, 0.3) is 10.2 Å². The number of rotatable bonds is 7. The van der Waals surface area contributed by atoms with Crippen LogP contribution >= 0.6 is 11.3 Å². The van der Waals surface area contributed by atoms with Crippen LogP contribution in [0.2, 0.25) is 0 Å². The molecule has 0 aliphatic heterocycles. The summed E-state index contributed by atoms with van der Waals surface area (Å²) in [5.74, 6) is -0.0247. The van der Waals surface area contributed by atoms with E-state index in [-0.39, 0.29) is 12.5 Å². The summed E-state index contributed by atoms with van der Waals surface area (Å²) in [6.07, 6.45) is 1.72. The first-order chi connectivity index (χ1) is 13.1. The molecule has 27 heavy (non-hydrogen) atoms. The maximum atomic E-state index is 11.8. The average Bonchev–Trinajstić information content (AvgIpc) is 3.07. The van der Waals surface area contributed by atoms with Crippen LogP contribution in [0.15, 0.2) is 48.5 Å². The molecule has 3 aromatic rings. The predicted octanol–water partition coefficient (Wildman–Crippen LogP) is 3.15. The summed E-state index contributed by atoms with van der Waals surface area (Å²) in [6.45, 7) is 1.79. The number of hydrazine groups is 1. The van der Waals surface area contributed by atoms with E-state index >= 15 is 0 Å². The number of fused-ring (bicyclic) bond motifs is 1.